The highest BCUT2D eigenvalue weighted by molar-refractivity contribution is 5.84. The first-order valence-corrected chi connectivity index (χ1v) is 10.1. The molecule has 0 unspecified atom stereocenters. The van der Waals surface area contributed by atoms with Crippen molar-refractivity contribution in [1.82, 2.24) is 0 Å². The van der Waals surface area contributed by atoms with E-state index >= 15 is 0 Å². The molecule has 2 heterocycles. The molecule has 8 atom stereocenters. The molecule has 5 N–H and O–H groups in total. The number of esters is 1. The molecule has 2 saturated heterocycles. The van der Waals surface area contributed by atoms with Gasteiger partial charge in [0.1, 0.15) is 41.4 Å². The maximum Gasteiger partial charge on any atom is 0.333 e. The van der Waals surface area contributed by atoms with Crippen LogP contribution in [0.1, 0.15) is 33.6 Å². The molecule has 174 valence electrons. The Labute approximate surface area is 179 Å². The first kappa shape index (κ1) is 24.0. The fourth-order valence-electron chi connectivity index (χ4n) is 4.60. The van der Waals surface area contributed by atoms with Crippen LogP contribution in [0, 0.1) is 5.41 Å². The van der Waals surface area contributed by atoms with Gasteiger partial charge in [0, 0.05) is 24.3 Å². The topological polar surface area (TPSA) is 163 Å². The Bertz CT molecular complexity index is 767. The zero-order valence-corrected chi connectivity index (χ0v) is 17.7. The Hall–Kier alpha value is -1.66. The summed E-state index contributed by atoms with van der Waals surface area (Å²) in [6, 6.07) is 0. The Morgan fingerprint density at radius 2 is 1.87 bits per heavy atom. The number of rotatable bonds is 5. The Kier molecular flexibility index (Phi) is 6.47. The van der Waals surface area contributed by atoms with Crippen LogP contribution in [0.25, 0.3) is 0 Å². The van der Waals surface area contributed by atoms with Gasteiger partial charge in [-0.3, -0.25) is 4.79 Å². The number of hydrogen-bond acceptors (Lipinski definition) is 10. The molecular weight excluding hydrogens is 412 g/mol. The van der Waals surface area contributed by atoms with Crippen LogP contribution < -0.4 is 0 Å². The van der Waals surface area contributed by atoms with E-state index in [1.54, 1.807) is 20.8 Å². The third-order valence-electron chi connectivity index (χ3n) is 6.57. The Morgan fingerprint density at radius 1 is 1.19 bits per heavy atom. The zero-order chi connectivity index (χ0) is 23.2. The quantitative estimate of drug-likeness (QED) is 0.197. The van der Waals surface area contributed by atoms with Crippen LogP contribution in [0.5, 0.6) is 0 Å². The summed E-state index contributed by atoms with van der Waals surface area (Å²) < 4.78 is 15.9. The fourth-order valence-corrected chi connectivity index (χ4v) is 4.60. The fraction of sp³-hybridized carbons (Fsp3) is 0.714. The number of ether oxygens (including phenoxy) is 3. The third-order valence-corrected chi connectivity index (χ3v) is 6.57. The lowest BCUT2D eigenvalue weighted by Gasteiger charge is -2.47. The number of aliphatic hydroxyl groups excluding tert-OH is 4. The van der Waals surface area contributed by atoms with Gasteiger partial charge in [-0.05, 0) is 25.5 Å². The second-order valence-corrected chi connectivity index (χ2v) is 9.09. The van der Waals surface area contributed by atoms with Crippen molar-refractivity contribution in [3.63, 3.8) is 0 Å². The average molecular weight is 442 g/mol. The number of Topliss-reactive ketones (excluding diaryl/α,β-unsaturated/α-hetero) is 1. The summed E-state index contributed by atoms with van der Waals surface area (Å²) in [6.07, 6.45) is -3.26. The normalized spacial score (nSPS) is 45.9. The second-order valence-electron chi connectivity index (χ2n) is 9.09. The summed E-state index contributed by atoms with van der Waals surface area (Å²) in [6.45, 7) is 4.66. The highest BCUT2D eigenvalue weighted by Gasteiger charge is 2.67. The molecule has 0 radical (unpaired) electrons. The number of hydrogen-bond donors (Lipinski definition) is 5. The third kappa shape index (κ3) is 4.09. The lowest BCUT2D eigenvalue weighted by molar-refractivity contribution is -0.291. The summed E-state index contributed by atoms with van der Waals surface area (Å²) >= 11 is 0. The van der Waals surface area contributed by atoms with Gasteiger partial charge in [0.05, 0.1) is 13.2 Å². The van der Waals surface area contributed by atoms with Crippen LogP contribution >= 0.6 is 0 Å². The van der Waals surface area contributed by atoms with Crippen molar-refractivity contribution < 1.29 is 49.3 Å². The minimum Gasteiger partial charge on any atom is -0.430 e. The van der Waals surface area contributed by atoms with Crippen molar-refractivity contribution >= 4 is 11.8 Å². The molecule has 0 aromatic carbocycles. The minimum atomic E-state index is -1.70. The van der Waals surface area contributed by atoms with E-state index < -0.39 is 59.9 Å². The molecular formula is C21H30O10. The maximum absolute atomic E-state index is 12.2. The summed E-state index contributed by atoms with van der Waals surface area (Å²) in [5.41, 5.74) is -2.86. The van der Waals surface area contributed by atoms with Gasteiger partial charge >= 0.3 is 5.97 Å². The van der Waals surface area contributed by atoms with E-state index in [9.17, 15) is 35.1 Å². The standard InChI is InChI=1S/C21H30O10/c1-11(4-5-21(28)19(2)7-12(23)8-20(21,3)29-10-19)6-14(24)31-18-17(27)16(26)15(25)13(9-22)30-18/h4-6,13,15-18,22,25-28H,7-10H2,1-3H3/b5-4+,11-6-/t13-,15-,16+,17-,18+,19-,20-,21+/m1/s1. The van der Waals surface area contributed by atoms with Gasteiger partial charge in [-0.15, -0.1) is 0 Å². The van der Waals surface area contributed by atoms with E-state index in [1.807, 2.05) is 0 Å². The zero-order valence-electron chi connectivity index (χ0n) is 17.7. The molecule has 0 spiro atoms. The number of fused-ring (bicyclic) bond motifs is 2. The van der Waals surface area contributed by atoms with Gasteiger partial charge in [-0.2, -0.15) is 0 Å². The highest BCUT2D eigenvalue weighted by atomic mass is 16.7. The van der Waals surface area contributed by atoms with Gasteiger partial charge in [0.15, 0.2) is 0 Å². The SMILES string of the molecule is CC(=C/C(=O)O[C@@H]1O[C@H](CO)[C@@H](O)[C@H](O)[C@H]1O)/C=C/[C@]1(O)[C@@]2(C)CO[C@]1(C)CC(=O)C2. The van der Waals surface area contributed by atoms with E-state index in [-0.39, 0.29) is 25.2 Å². The molecule has 3 fully saturated rings. The van der Waals surface area contributed by atoms with Gasteiger partial charge in [-0.25, -0.2) is 4.79 Å². The van der Waals surface area contributed by atoms with E-state index in [1.165, 1.54) is 12.2 Å². The monoisotopic (exact) mass is 442 g/mol. The van der Waals surface area contributed by atoms with Crippen molar-refractivity contribution in [1.29, 1.82) is 0 Å². The van der Waals surface area contributed by atoms with E-state index in [2.05, 4.69) is 0 Å². The van der Waals surface area contributed by atoms with Gasteiger partial charge < -0.3 is 39.7 Å². The molecule has 1 saturated carbocycles. The smallest absolute Gasteiger partial charge is 0.333 e. The van der Waals surface area contributed by atoms with E-state index in [0.29, 0.717) is 5.57 Å². The number of aliphatic hydroxyl groups is 5. The van der Waals surface area contributed by atoms with Crippen LogP contribution in [0.15, 0.2) is 23.8 Å². The molecule has 2 bridgehead atoms. The summed E-state index contributed by atoms with van der Waals surface area (Å²) in [7, 11) is 0. The summed E-state index contributed by atoms with van der Waals surface area (Å²) in [5, 5.41) is 50.0. The number of carbonyl (C=O) groups is 2. The van der Waals surface area contributed by atoms with Crippen LogP contribution in [-0.4, -0.2) is 92.4 Å². The largest absolute Gasteiger partial charge is 0.430 e. The molecule has 10 heteroatoms. The van der Waals surface area contributed by atoms with Crippen molar-refractivity contribution in [2.45, 2.75) is 75.5 Å². The highest BCUT2D eigenvalue weighted by Crippen LogP contribution is 2.56. The molecule has 10 nitrogen and oxygen atoms in total. The lowest BCUT2D eigenvalue weighted by Crippen LogP contribution is -2.60. The van der Waals surface area contributed by atoms with E-state index in [0.717, 1.165) is 6.08 Å². The van der Waals surface area contributed by atoms with Gasteiger partial charge in [0.2, 0.25) is 6.29 Å². The van der Waals surface area contributed by atoms with E-state index in [4.69, 9.17) is 14.2 Å². The molecule has 3 rings (SSSR count). The van der Waals surface area contributed by atoms with Crippen molar-refractivity contribution in [3.05, 3.63) is 23.8 Å². The first-order valence-electron chi connectivity index (χ1n) is 10.1. The summed E-state index contributed by atoms with van der Waals surface area (Å²) in [5.74, 6) is -0.870. The molecule has 0 aromatic rings. The molecule has 0 aromatic heterocycles. The molecule has 0 amide bonds. The second kappa shape index (κ2) is 8.36. The van der Waals surface area contributed by atoms with Crippen molar-refractivity contribution in [3.8, 4) is 0 Å². The predicted molar refractivity (Wildman–Crippen MR) is 104 cm³/mol. The molecule has 3 aliphatic rings. The van der Waals surface area contributed by atoms with Crippen molar-refractivity contribution in [2.24, 2.45) is 5.41 Å². The number of allylic oxidation sites excluding steroid dienone is 2. The Balaban J connectivity index is 1.70. The van der Waals surface area contributed by atoms with Crippen LogP contribution in [0.2, 0.25) is 0 Å². The maximum atomic E-state index is 12.2. The molecule has 2 aliphatic heterocycles. The van der Waals surface area contributed by atoms with Crippen LogP contribution in [0.4, 0.5) is 0 Å². The number of ketones is 1. The average Bonchev–Trinajstić information content (AvgIpc) is 2.79. The Morgan fingerprint density at radius 3 is 2.48 bits per heavy atom. The lowest BCUT2D eigenvalue weighted by atomic mass is 9.59. The molecule has 1 aliphatic carbocycles. The van der Waals surface area contributed by atoms with Gasteiger partial charge in [-0.1, -0.05) is 13.0 Å². The van der Waals surface area contributed by atoms with Gasteiger partial charge in [0.25, 0.3) is 0 Å². The first-order chi connectivity index (χ1) is 14.4. The number of carbonyl (C=O) groups excluding carboxylic acids is 2. The molecule has 31 heavy (non-hydrogen) atoms. The van der Waals surface area contributed by atoms with Crippen LogP contribution in [-0.2, 0) is 23.8 Å². The predicted octanol–water partition coefficient (Wildman–Crippen LogP) is -1.28. The minimum absolute atomic E-state index is 0.0240. The van der Waals surface area contributed by atoms with Crippen LogP contribution in [0.3, 0.4) is 0 Å². The summed E-state index contributed by atoms with van der Waals surface area (Å²) in [4.78, 5) is 24.3. The van der Waals surface area contributed by atoms with Crippen molar-refractivity contribution in [2.75, 3.05) is 13.2 Å².